The molecule has 1 aromatic rings. The van der Waals surface area contributed by atoms with Crippen LogP contribution in [0.25, 0.3) is 11.1 Å². The van der Waals surface area contributed by atoms with Crippen LogP contribution in [-0.2, 0) is 9.59 Å². The second-order valence-corrected chi connectivity index (χ2v) is 5.77. The van der Waals surface area contributed by atoms with Gasteiger partial charge >= 0.3 is 0 Å². The highest BCUT2D eigenvalue weighted by atomic mass is 35.5. The van der Waals surface area contributed by atoms with Gasteiger partial charge in [0.15, 0.2) is 5.75 Å². The molecule has 1 aromatic carbocycles. The molecule has 7 heteroatoms. The van der Waals surface area contributed by atoms with Gasteiger partial charge in [-0.1, -0.05) is 23.2 Å². The Morgan fingerprint density at radius 2 is 1.33 bits per heavy atom. The normalized spacial score (nSPS) is 12.0. The van der Waals surface area contributed by atoms with Gasteiger partial charge in [-0.25, -0.2) is 0 Å². The number of carbonyl (C=O) groups is 2. The lowest BCUT2D eigenvalue weighted by Gasteiger charge is -2.16. The standard InChI is InChI=1S/C17H20Cl2N2O3/c1-9(6-13(22)20-3)11-8-12(10(2)7-14(23)21-4)16(19)17(24-5)15(11)18/h6-8H,1-5H3,(H,20,22)(H,21,23)/b9-6-,10-7-. The van der Waals surface area contributed by atoms with Crippen molar-refractivity contribution in [3.05, 3.63) is 39.4 Å². The molecule has 0 atom stereocenters. The SMILES string of the molecule is CNC(=O)/C=C(/C)c1cc(/C(C)=C\C(=O)NC)c(Cl)c(OC)c1Cl. The van der Waals surface area contributed by atoms with Crippen molar-refractivity contribution in [3.63, 3.8) is 0 Å². The summed E-state index contributed by atoms with van der Waals surface area (Å²) in [5.41, 5.74) is 2.48. The first-order valence-electron chi connectivity index (χ1n) is 7.13. The highest BCUT2D eigenvalue weighted by molar-refractivity contribution is 6.39. The molecule has 0 saturated carbocycles. The molecule has 0 fully saturated rings. The zero-order valence-electron chi connectivity index (χ0n) is 14.2. The fourth-order valence-corrected chi connectivity index (χ4v) is 2.86. The van der Waals surface area contributed by atoms with E-state index in [1.807, 2.05) is 0 Å². The van der Waals surface area contributed by atoms with Crippen LogP contribution >= 0.6 is 23.2 Å². The third-order valence-electron chi connectivity index (χ3n) is 3.40. The van der Waals surface area contributed by atoms with Gasteiger partial charge in [-0.2, -0.15) is 0 Å². The monoisotopic (exact) mass is 370 g/mol. The number of methoxy groups -OCH3 is 1. The van der Waals surface area contributed by atoms with Gasteiger partial charge in [0.1, 0.15) is 0 Å². The first kappa shape index (κ1) is 20.1. The molecule has 0 aromatic heterocycles. The van der Waals surface area contributed by atoms with Gasteiger partial charge in [-0.3, -0.25) is 9.59 Å². The molecule has 0 aliphatic rings. The highest BCUT2D eigenvalue weighted by Crippen LogP contribution is 2.42. The molecule has 0 heterocycles. The Hall–Kier alpha value is -1.98. The summed E-state index contributed by atoms with van der Waals surface area (Å²) >= 11 is 12.7. The number of hydrogen-bond donors (Lipinski definition) is 2. The number of nitrogens with one attached hydrogen (secondary N) is 2. The Kier molecular flexibility index (Phi) is 7.32. The van der Waals surface area contributed by atoms with Crippen LogP contribution in [0, 0.1) is 0 Å². The zero-order valence-corrected chi connectivity index (χ0v) is 15.7. The summed E-state index contributed by atoms with van der Waals surface area (Å²) in [7, 11) is 4.53. The first-order chi connectivity index (χ1) is 11.3. The molecule has 0 aliphatic heterocycles. The average Bonchev–Trinajstić information content (AvgIpc) is 2.54. The molecule has 2 N–H and O–H groups in total. The number of allylic oxidation sites excluding steroid dienone is 2. The average molecular weight is 371 g/mol. The van der Waals surface area contributed by atoms with Gasteiger partial charge in [-0.05, 0) is 31.1 Å². The summed E-state index contributed by atoms with van der Waals surface area (Å²) in [5, 5.41) is 5.64. The minimum atomic E-state index is -0.253. The van der Waals surface area contributed by atoms with Gasteiger partial charge in [0.05, 0.1) is 17.2 Å². The van der Waals surface area contributed by atoms with Gasteiger partial charge in [0.25, 0.3) is 0 Å². The van der Waals surface area contributed by atoms with Crippen LogP contribution in [0.3, 0.4) is 0 Å². The van der Waals surface area contributed by atoms with E-state index in [4.69, 9.17) is 27.9 Å². The fraction of sp³-hybridized carbons (Fsp3) is 0.294. The minimum Gasteiger partial charge on any atom is -0.494 e. The summed E-state index contributed by atoms with van der Waals surface area (Å²) in [6.07, 6.45) is 2.85. The lowest BCUT2D eigenvalue weighted by atomic mass is 9.98. The number of amides is 2. The van der Waals surface area contributed by atoms with E-state index in [9.17, 15) is 9.59 Å². The second-order valence-electron chi connectivity index (χ2n) is 5.02. The van der Waals surface area contributed by atoms with Crippen molar-refractivity contribution < 1.29 is 14.3 Å². The van der Waals surface area contributed by atoms with Crippen molar-refractivity contribution in [2.45, 2.75) is 13.8 Å². The van der Waals surface area contributed by atoms with Crippen LogP contribution in [0.4, 0.5) is 0 Å². The van der Waals surface area contributed by atoms with Crippen LogP contribution in [0.1, 0.15) is 25.0 Å². The number of halogens is 2. The van der Waals surface area contributed by atoms with Crippen molar-refractivity contribution in [1.82, 2.24) is 10.6 Å². The molecule has 130 valence electrons. The summed E-state index contributed by atoms with van der Waals surface area (Å²) in [4.78, 5) is 23.2. The summed E-state index contributed by atoms with van der Waals surface area (Å²) < 4.78 is 5.30. The Morgan fingerprint density at radius 3 is 1.62 bits per heavy atom. The van der Waals surface area contributed by atoms with Crippen LogP contribution in [-0.4, -0.2) is 33.0 Å². The van der Waals surface area contributed by atoms with Crippen LogP contribution < -0.4 is 15.4 Å². The minimum absolute atomic E-state index is 0.253. The Bertz CT molecular complexity index is 669. The number of rotatable bonds is 5. The molecule has 2 amide bonds. The van der Waals surface area contributed by atoms with Crippen molar-refractivity contribution in [1.29, 1.82) is 0 Å². The number of ether oxygens (including phenoxy) is 1. The molecule has 0 radical (unpaired) electrons. The van der Waals surface area contributed by atoms with Gasteiger partial charge < -0.3 is 15.4 Å². The predicted octanol–water partition coefficient (Wildman–Crippen LogP) is 3.30. The maximum Gasteiger partial charge on any atom is 0.244 e. The first-order valence-corrected chi connectivity index (χ1v) is 7.89. The highest BCUT2D eigenvalue weighted by Gasteiger charge is 2.19. The van der Waals surface area contributed by atoms with Crippen molar-refractivity contribution in [2.24, 2.45) is 0 Å². The van der Waals surface area contributed by atoms with Crippen LogP contribution in [0.5, 0.6) is 5.75 Å². The molecule has 5 nitrogen and oxygen atoms in total. The topological polar surface area (TPSA) is 67.4 Å². The van der Waals surface area contributed by atoms with E-state index in [0.29, 0.717) is 38.1 Å². The van der Waals surface area contributed by atoms with Gasteiger partial charge in [0.2, 0.25) is 11.8 Å². The van der Waals surface area contributed by atoms with Crippen molar-refractivity contribution in [2.75, 3.05) is 21.2 Å². The molecule has 24 heavy (non-hydrogen) atoms. The molecule has 0 bridgehead atoms. The Balaban J connectivity index is 3.61. The number of carbonyl (C=O) groups excluding carboxylic acids is 2. The van der Waals surface area contributed by atoms with E-state index in [1.165, 1.54) is 33.4 Å². The molecule has 0 saturated heterocycles. The lowest BCUT2D eigenvalue weighted by molar-refractivity contribution is -0.116. The maximum atomic E-state index is 11.6. The molecule has 0 aliphatic carbocycles. The fourth-order valence-electron chi connectivity index (χ4n) is 2.06. The predicted molar refractivity (Wildman–Crippen MR) is 98.4 cm³/mol. The maximum absolute atomic E-state index is 11.6. The van der Waals surface area contributed by atoms with Crippen LogP contribution in [0.2, 0.25) is 10.0 Å². The molecular formula is C17H20Cl2N2O3. The van der Waals surface area contributed by atoms with E-state index < -0.39 is 0 Å². The van der Waals surface area contributed by atoms with E-state index in [2.05, 4.69) is 10.6 Å². The molecule has 0 unspecified atom stereocenters. The zero-order chi connectivity index (χ0) is 18.4. The van der Waals surface area contributed by atoms with Gasteiger partial charge in [-0.15, -0.1) is 0 Å². The number of likely N-dealkylation sites (N-methyl/N-ethyl adjacent to an activating group) is 2. The second kappa shape index (κ2) is 8.76. The Labute approximate surface area is 151 Å². The molecule has 1 rings (SSSR count). The smallest absolute Gasteiger partial charge is 0.244 e. The largest absolute Gasteiger partial charge is 0.494 e. The lowest BCUT2D eigenvalue weighted by Crippen LogP contribution is -2.15. The third-order valence-corrected chi connectivity index (χ3v) is 4.15. The summed E-state index contributed by atoms with van der Waals surface area (Å²) in [6, 6.07) is 1.73. The Morgan fingerprint density at radius 1 is 0.958 bits per heavy atom. The number of benzene rings is 1. The van der Waals surface area contributed by atoms with E-state index in [0.717, 1.165) is 0 Å². The molecule has 0 spiro atoms. The number of hydrogen-bond acceptors (Lipinski definition) is 3. The van der Waals surface area contributed by atoms with Gasteiger partial charge in [0, 0.05) is 37.4 Å². The summed E-state index contributed by atoms with van der Waals surface area (Å²) in [5.74, 6) is -0.214. The molecular weight excluding hydrogens is 351 g/mol. The van der Waals surface area contributed by atoms with E-state index in [-0.39, 0.29) is 11.8 Å². The van der Waals surface area contributed by atoms with Crippen molar-refractivity contribution >= 4 is 46.2 Å². The van der Waals surface area contributed by atoms with Crippen molar-refractivity contribution in [3.8, 4) is 5.75 Å². The van der Waals surface area contributed by atoms with Crippen LogP contribution in [0.15, 0.2) is 18.2 Å². The van der Waals surface area contributed by atoms with E-state index in [1.54, 1.807) is 19.9 Å². The third kappa shape index (κ3) is 4.52. The quantitative estimate of drug-likeness (QED) is 0.781. The summed E-state index contributed by atoms with van der Waals surface area (Å²) in [6.45, 7) is 3.51. The van der Waals surface area contributed by atoms with E-state index >= 15 is 0 Å².